The van der Waals surface area contributed by atoms with Gasteiger partial charge in [-0.3, -0.25) is 19.3 Å². The summed E-state index contributed by atoms with van der Waals surface area (Å²) in [5, 5.41) is 22.7. The third kappa shape index (κ3) is 3.31. The smallest absolute Gasteiger partial charge is 0.355 e. The molecule has 0 aromatic heterocycles. The van der Waals surface area contributed by atoms with Gasteiger partial charge in [0.2, 0.25) is 5.60 Å². The molecule has 8 heteroatoms. The van der Waals surface area contributed by atoms with Crippen molar-refractivity contribution in [2.75, 3.05) is 6.61 Å². The first-order valence-electron chi connectivity index (χ1n) is 10.8. The molecule has 0 saturated carbocycles. The summed E-state index contributed by atoms with van der Waals surface area (Å²) in [6.45, 7) is 8.47. The Morgan fingerprint density at radius 3 is 2.21 bits per heavy atom. The highest BCUT2D eigenvalue weighted by Gasteiger charge is 2.65. The van der Waals surface area contributed by atoms with Crippen LogP contribution in [-0.4, -0.2) is 56.3 Å². The van der Waals surface area contributed by atoms with Crippen molar-refractivity contribution in [3.05, 3.63) is 58.0 Å². The van der Waals surface area contributed by atoms with E-state index in [0.717, 1.165) is 10.5 Å². The fourth-order valence-electron chi connectivity index (χ4n) is 4.85. The van der Waals surface area contributed by atoms with Crippen LogP contribution in [0, 0.1) is 12.3 Å². The fraction of sp³-hybridized carbons (Fsp3) is 0.440. The summed E-state index contributed by atoms with van der Waals surface area (Å²) in [6.07, 6.45) is -0.0179. The maximum absolute atomic E-state index is 13.8. The highest BCUT2D eigenvalue weighted by Crippen LogP contribution is 2.49. The minimum Gasteiger partial charge on any atom is -0.512 e. The summed E-state index contributed by atoms with van der Waals surface area (Å²) in [6, 6.07) is 6.39. The number of nitrogens with zero attached hydrogens (tertiary/aromatic N) is 1. The second kappa shape index (κ2) is 7.12. The van der Waals surface area contributed by atoms with Gasteiger partial charge in [0.15, 0.2) is 11.6 Å². The molecule has 33 heavy (non-hydrogen) atoms. The number of hydrogen-bond donors (Lipinski definition) is 2. The number of Topliss-reactive ketones (excluding diaryl/α,β-unsaturated/α-hetero) is 2. The maximum atomic E-state index is 13.8. The van der Waals surface area contributed by atoms with Crippen LogP contribution in [0.1, 0.15) is 56.5 Å². The van der Waals surface area contributed by atoms with Crippen molar-refractivity contribution in [2.45, 2.75) is 58.6 Å². The van der Waals surface area contributed by atoms with Gasteiger partial charge >= 0.3 is 5.97 Å². The van der Waals surface area contributed by atoms with Crippen molar-refractivity contribution >= 4 is 23.4 Å². The molecule has 174 valence electrons. The van der Waals surface area contributed by atoms with Gasteiger partial charge in [0.05, 0.1) is 16.7 Å². The molecule has 1 unspecified atom stereocenters. The van der Waals surface area contributed by atoms with Gasteiger partial charge in [-0.05, 0) is 26.2 Å². The van der Waals surface area contributed by atoms with Crippen molar-refractivity contribution in [2.24, 2.45) is 5.41 Å². The van der Waals surface area contributed by atoms with Crippen LogP contribution in [0.3, 0.4) is 0 Å². The lowest BCUT2D eigenvalue weighted by Crippen LogP contribution is -2.58. The Bertz CT molecular complexity index is 1170. The molecular weight excluding hydrogens is 426 g/mol. The minimum absolute atomic E-state index is 0.0266. The third-order valence-corrected chi connectivity index (χ3v) is 6.45. The van der Waals surface area contributed by atoms with Crippen LogP contribution in [0.2, 0.25) is 0 Å². The second-order valence-corrected chi connectivity index (χ2v) is 10.4. The zero-order valence-corrected chi connectivity index (χ0v) is 19.3. The second-order valence-electron chi connectivity index (χ2n) is 10.4. The Labute approximate surface area is 191 Å². The molecule has 0 radical (unpaired) electrons. The minimum atomic E-state index is -2.81. The average Bonchev–Trinajstić information content (AvgIpc) is 2.93. The number of hydrogen-bond acceptors (Lipinski definition) is 7. The molecule has 1 atom stereocenters. The molecule has 0 bridgehead atoms. The van der Waals surface area contributed by atoms with E-state index in [1.807, 2.05) is 6.92 Å². The Kier molecular flexibility index (Phi) is 4.94. The lowest BCUT2D eigenvalue weighted by Gasteiger charge is -2.41. The Morgan fingerprint density at radius 2 is 1.64 bits per heavy atom. The summed E-state index contributed by atoms with van der Waals surface area (Å²) < 4.78 is 5.24. The van der Waals surface area contributed by atoms with Gasteiger partial charge < -0.3 is 14.9 Å². The number of cyclic esters (lactones) is 1. The number of carbonyl (C=O) groups excluding carboxylic acids is 4. The number of aliphatic hydroxyl groups excluding tert-OH is 1. The molecule has 1 aromatic carbocycles. The molecule has 2 heterocycles. The number of benzene rings is 1. The number of fused-ring (bicyclic) bond motifs is 1. The number of morpholine rings is 1. The zero-order valence-electron chi connectivity index (χ0n) is 19.3. The van der Waals surface area contributed by atoms with E-state index in [1.54, 1.807) is 39.8 Å². The standard InChI is InChI=1S/C25H27NO7/c1-13-6-8-14(9-7-13)20(29)18-19-21(30)33-12-24(4,5)26(19)22(31)25(18,32)17-15(27)10-23(2,3)11-16(17)28/h6-9,27,32H,10-12H2,1-5H3. The normalized spacial score (nSPS) is 26.5. The summed E-state index contributed by atoms with van der Waals surface area (Å²) in [5.41, 5.74) is -5.00. The third-order valence-electron chi connectivity index (χ3n) is 6.45. The largest absolute Gasteiger partial charge is 0.512 e. The van der Waals surface area contributed by atoms with E-state index in [-0.39, 0.29) is 25.0 Å². The molecule has 2 aliphatic heterocycles. The summed E-state index contributed by atoms with van der Waals surface area (Å²) in [4.78, 5) is 54.5. The molecule has 1 fully saturated rings. The highest BCUT2D eigenvalue weighted by atomic mass is 16.5. The number of esters is 1. The van der Waals surface area contributed by atoms with Crippen molar-refractivity contribution < 1.29 is 34.1 Å². The highest BCUT2D eigenvalue weighted by molar-refractivity contribution is 6.25. The number of allylic oxidation sites excluding steroid dienone is 1. The van der Waals surface area contributed by atoms with Gasteiger partial charge in [-0.15, -0.1) is 0 Å². The van der Waals surface area contributed by atoms with Crippen LogP contribution in [0.15, 0.2) is 46.9 Å². The first-order valence-corrected chi connectivity index (χ1v) is 10.8. The van der Waals surface area contributed by atoms with Crippen molar-refractivity contribution in [3.63, 3.8) is 0 Å². The first-order chi connectivity index (χ1) is 15.2. The molecule has 2 N–H and O–H groups in total. The number of ether oxygens (including phenoxy) is 1. The molecule has 0 spiro atoms. The quantitative estimate of drug-likeness (QED) is 0.533. The van der Waals surface area contributed by atoms with E-state index >= 15 is 0 Å². The van der Waals surface area contributed by atoms with E-state index in [2.05, 4.69) is 0 Å². The molecule has 8 nitrogen and oxygen atoms in total. The number of carbonyl (C=O) groups is 4. The van der Waals surface area contributed by atoms with E-state index in [1.165, 1.54) is 12.1 Å². The molecule has 1 saturated heterocycles. The average molecular weight is 453 g/mol. The Morgan fingerprint density at radius 1 is 1.03 bits per heavy atom. The molecule has 1 aliphatic carbocycles. The molecule has 4 rings (SSSR count). The fourth-order valence-corrected chi connectivity index (χ4v) is 4.85. The number of ketones is 2. The maximum Gasteiger partial charge on any atom is 0.355 e. The topological polar surface area (TPSA) is 121 Å². The number of rotatable bonds is 3. The lowest BCUT2D eigenvalue weighted by atomic mass is 9.70. The van der Waals surface area contributed by atoms with Gasteiger partial charge in [-0.25, -0.2) is 4.79 Å². The van der Waals surface area contributed by atoms with Crippen LogP contribution in [0.4, 0.5) is 0 Å². The van der Waals surface area contributed by atoms with Crippen molar-refractivity contribution in [3.8, 4) is 0 Å². The number of amides is 1. The SMILES string of the molecule is Cc1ccc(C(=O)C2=C3C(=O)OCC(C)(C)N3C(=O)C2(O)C2=C(O)CC(C)(C)CC2=O)cc1. The van der Waals surface area contributed by atoms with Crippen LogP contribution < -0.4 is 0 Å². The van der Waals surface area contributed by atoms with E-state index in [0.29, 0.717) is 0 Å². The van der Waals surface area contributed by atoms with Crippen molar-refractivity contribution in [1.29, 1.82) is 0 Å². The van der Waals surface area contributed by atoms with E-state index in [9.17, 15) is 29.4 Å². The Hall–Kier alpha value is -3.26. The van der Waals surface area contributed by atoms with E-state index < -0.39 is 62.6 Å². The Balaban J connectivity index is 2.02. The predicted octanol–water partition coefficient (Wildman–Crippen LogP) is 2.54. The summed E-state index contributed by atoms with van der Waals surface area (Å²) in [7, 11) is 0. The van der Waals surface area contributed by atoms with Crippen molar-refractivity contribution in [1.82, 2.24) is 4.90 Å². The van der Waals surface area contributed by atoms with Gasteiger partial charge in [-0.2, -0.15) is 0 Å². The lowest BCUT2D eigenvalue weighted by molar-refractivity contribution is -0.162. The van der Waals surface area contributed by atoms with Gasteiger partial charge in [0.1, 0.15) is 18.1 Å². The summed E-state index contributed by atoms with van der Waals surface area (Å²) >= 11 is 0. The van der Waals surface area contributed by atoms with Crippen LogP contribution in [0.25, 0.3) is 0 Å². The molecule has 1 aromatic rings. The van der Waals surface area contributed by atoms with Crippen LogP contribution in [-0.2, 0) is 19.1 Å². The molecule has 1 amide bonds. The van der Waals surface area contributed by atoms with Gasteiger partial charge in [0.25, 0.3) is 5.91 Å². The molecule has 3 aliphatic rings. The number of aliphatic hydroxyl groups is 2. The predicted molar refractivity (Wildman–Crippen MR) is 117 cm³/mol. The first kappa shape index (κ1) is 22.9. The van der Waals surface area contributed by atoms with Gasteiger partial charge in [0, 0.05) is 18.4 Å². The van der Waals surface area contributed by atoms with Crippen LogP contribution in [0.5, 0.6) is 0 Å². The van der Waals surface area contributed by atoms with Gasteiger partial charge in [-0.1, -0.05) is 43.7 Å². The van der Waals surface area contributed by atoms with E-state index in [4.69, 9.17) is 4.74 Å². The summed E-state index contributed by atoms with van der Waals surface area (Å²) in [5.74, 6) is -3.88. The van der Waals surface area contributed by atoms with Crippen LogP contribution >= 0.6 is 0 Å². The zero-order chi connectivity index (χ0) is 24.5. The number of aryl methyl sites for hydroxylation is 1. The monoisotopic (exact) mass is 453 g/mol. The molecular formula is C25H27NO7.